The van der Waals surface area contributed by atoms with Crippen LogP contribution in [0.3, 0.4) is 0 Å². The molecule has 3 rings (SSSR count). The average molecular weight is 322 g/mol. The molecule has 98 valence electrons. The van der Waals surface area contributed by atoms with Gasteiger partial charge in [-0.05, 0) is 47.7 Å². The van der Waals surface area contributed by atoms with E-state index in [2.05, 4.69) is 25.9 Å². The van der Waals surface area contributed by atoms with Gasteiger partial charge in [0.1, 0.15) is 11.9 Å². The largest absolute Gasteiger partial charge is 0.478 e. The quantitative estimate of drug-likeness (QED) is 0.923. The van der Waals surface area contributed by atoms with Gasteiger partial charge in [0.05, 0.1) is 5.69 Å². The van der Waals surface area contributed by atoms with Crippen LogP contribution in [0.1, 0.15) is 34.6 Å². The highest BCUT2D eigenvalue weighted by Gasteiger charge is 2.20. The number of halogens is 1. The summed E-state index contributed by atoms with van der Waals surface area (Å²) in [6, 6.07) is 1.57. The summed E-state index contributed by atoms with van der Waals surface area (Å²) in [6.07, 6.45) is 7.42. The van der Waals surface area contributed by atoms with E-state index in [1.807, 2.05) is 4.57 Å². The Bertz CT molecular complexity index is 651. The number of rotatable bonds is 2. The van der Waals surface area contributed by atoms with E-state index >= 15 is 0 Å². The second kappa shape index (κ2) is 4.77. The van der Waals surface area contributed by atoms with E-state index < -0.39 is 5.97 Å². The molecule has 0 aliphatic heterocycles. The second-order valence-corrected chi connectivity index (χ2v) is 5.46. The molecule has 0 aromatic carbocycles. The minimum absolute atomic E-state index is 0.181. The fourth-order valence-electron chi connectivity index (χ4n) is 2.43. The van der Waals surface area contributed by atoms with Crippen LogP contribution >= 0.6 is 15.9 Å². The zero-order chi connectivity index (χ0) is 13.4. The van der Waals surface area contributed by atoms with E-state index in [0.29, 0.717) is 10.3 Å². The highest BCUT2D eigenvalue weighted by Crippen LogP contribution is 2.25. The summed E-state index contributed by atoms with van der Waals surface area (Å²) in [6.45, 7) is 0. The van der Waals surface area contributed by atoms with Gasteiger partial charge < -0.3 is 5.11 Å². The number of aromatic carboxylic acids is 1. The number of aryl methyl sites for hydroxylation is 1. The fourth-order valence-corrected chi connectivity index (χ4v) is 2.76. The Morgan fingerprint density at radius 1 is 1.32 bits per heavy atom. The molecule has 0 saturated heterocycles. The van der Waals surface area contributed by atoms with E-state index in [1.165, 1.54) is 0 Å². The van der Waals surface area contributed by atoms with Gasteiger partial charge in [0.15, 0.2) is 5.82 Å². The topological polar surface area (TPSA) is 68.0 Å². The maximum absolute atomic E-state index is 11.3. The number of pyridine rings is 1. The molecule has 0 saturated carbocycles. The van der Waals surface area contributed by atoms with Crippen LogP contribution in [0.25, 0.3) is 5.82 Å². The first-order valence-corrected chi connectivity index (χ1v) is 6.90. The van der Waals surface area contributed by atoms with Crippen LogP contribution in [0.2, 0.25) is 0 Å². The van der Waals surface area contributed by atoms with E-state index in [9.17, 15) is 9.90 Å². The van der Waals surface area contributed by atoms with Crippen molar-refractivity contribution in [2.24, 2.45) is 0 Å². The third kappa shape index (κ3) is 2.16. The van der Waals surface area contributed by atoms with Crippen molar-refractivity contribution >= 4 is 21.9 Å². The van der Waals surface area contributed by atoms with E-state index in [-0.39, 0.29) is 5.56 Å². The summed E-state index contributed by atoms with van der Waals surface area (Å²) < 4.78 is 2.47. The first kappa shape index (κ1) is 12.3. The van der Waals surface area contributed by atoms with Crippen LogP contribution in [0, 0.1) is 0 Å². The number of hydrogen-bond donors (Lipinski definition) is 1. The summed E-state index contributed by atoms with van der Waals surface area (Å²) in [5, 5.41) is 9.30. The number of hydrogen-bond acceptors (Lipinski definition) is 3. The molecular formula is C13H12BrN3O2. The molecule has 2 aromatic heterocycles. The van der Waals surface area contributed by atoms with Crippen molar-refractivity contribution in [3.8, 4) is 5.82 Å². The lowest BCUT2D eigenvalue weighted by atomic mass is 10.0. The van der Waals surface area contributed by atoms with Gasteiger partial charge in [-0.1, -0.05) is 0 Å². The maximum atomic E-state index is 11.3. The molecule has 1 aliphatic rings. The average Bonchev–Trinajstić information content (AvgIpc) is 2.82. The number of carbonyl (C=O) groups is 1. The Morgan fingerprint density at radius 3 is 2.89 bits per heavy atom. The number of imidazole rings is 1. The summed E-state index contributed by atoms with van der Waals surface area (Å²) >= 11 is 3.25. The first-order valence-electron chi connectivity index (χ1n) is 6.11. The van der Waals surface area contributed by atoms with Crippen LogP contribution in [-0.4, -0.2) is 25.6 Å². The van der Waals surface area contributed by atoms with Crippen molar-refractivity contribution in [1.82, 2.24) is 14.5 Å². The zero-order valence-electron chi connectivity index (χ0n) is 10.1. The molecule has 0 fully saturated rings. The SMILES string of the molecule is O=C(O)c1cc(Br)cnc1-n1cnc2c1CCCC2. The highest BCUT2D eigenvalue weighted by molar-refractivity contribution is 9.10. The Hall–Kier alpha value is -1.69. The van der Waals surface area contributed by atoms with Crippen LogP contribution in [0.4, 0.5) is 0 Å². The van der Waals surface area contributed by atoms with Crippen molar-refractivity contribution in [2.75, 3.05) is 0 Å². The van der Waals surface area contributed by atoms with Crippen molar-refractivity contribution in [3.63, 3.8) is 0 Å². The Morgan fingerprint density at radius 2 is 2.11 bits per heavy atom. The normalized spacial score (nSPS) is 14.2. The summed E-state index contributed by atoms with van der Waals surface area (Å²) in [5.41, 5.74) is 2.33. The van der Waals surface area contributed by atoms with Crippen molar-refractivity contribution in [2.45, 2.75) is 25.7 Å². The van der Waals surface area contributed by atoms with Crippen molar-refractivity contribution < 1.29 is 9.90 Å². The molecule has 2 aromatic rings. The first-order chi connectivity index (χ1) is 9.16. The van der Waals surface area contributed by atoms with Gasteiger partial charge in [0.25, 0.3) is 0 Å². The lowest BCUT2D eigenvalue weighted by molar-refractivity contribution is 0.0696. The molecule has 0 bridgehead atoms. The third-order valence-corrected chi connectivity index (χ3v) is 3.76. The standard InChI is InChI=1S/C13H12BrN3O2/c14-8-5-9(13(18)19)12(15-6-8)17-7-16-10-3-1-2-4-11(10)17/h5-7H,1-4H2,(H,18,19). The Balaban J connectivity index is 2.17. The van der Waals surface area contributed by atoms with Gasteiger partial charge >= 0.3 is 5.97 Å². The smallest absolute Gasteiger partial charge is 0.339 e. The fraction of sp³-hybridized carbons (Fsp3) is 0.308. The second-order valence-electron chi connectivity index (χ2n) is 4.54. The van der Waals surface area contributed by atoms with E-state index in [0.717, 1.165) is 37.1 Å². The highest BCUT2D eigenvalue weighted by atomic mass is 79.9. The predicted molar refractivity (Wildman–Crippen MR) is 72.7 cm³/mol. The minimum Gasteiger partial charge on any atom is -0.478 e. The van der Waals surface area contributed by atoms with Crippen LogP contribution in [0.5, 0.6) is 0 Å². The lowest BCUT2D eigenvalue weighted by Gasteiger charge is -2.14. The zero-order valence-corrected chi connectivity index (χ0v) is 11.7. The van der Waals surface area contributed by atoms with E-state index in [4.69, 9.17) is 0 Å². The van der Waals surface area contributed by atoms with Gasteiger partial charge in [-0.25, -0.2) is 14.8 Å². The molecule has 6 heteroatoms. The van der Waals surface area contributed by atoms with Gasteiger partial charge in [0.2, 0.25) is 0 Å². The molecule has 5 nitrogen and oxygen atoms in total. The minimum atomic E-state index is -0.984. The summed E-state index contributed by atoms with van der Waals surface area (Å²) in [4.78, 5) is 20.0. The Kier molecular flexibility index (Phi) is 3.10. The maximum Gasteiger partial charge on any atom is 0.339 e. The number of nitrogens with zero attached hydrogens (tertiary/aromatic N) is 3. The van der Waals surface area contributed by atoms with Gasteiger partial charge in [-0.2, -0.15) is 0 Å². The molecule has 0 spiro atoms. The molecule has 2 heterocycles. The number of aromatic nitrogens is 3. The molecule has 19 heavy (non-hydrogen) atoms. The number of fused-ring (bicyclic) bond motifs is 1. The van der Waals surface area contributed by atoms with Gasteiger partial charge in [0, 0.05) is 16.4 Å². The molecule has 1 N–H and O–H groups in total. The van der Waals surface area contributed by atoms with E-state index in [1.54, 1.807) is 18.6 Å². The molecular weight excluding hydrogens is 310 g/mol. The van der Waals surface area contributed by atoms with Crippen molar-refractivity contribution in [1.29, 1.82) is 0 Å². The molecule has 0 amide bonds. The van der Waals surface area contributed by atoms with Gasteiger partial charge in [-0.15, -0.1) is 0 Å². The molecule has 0 radical (unpaired) electrons. The number of carboxylic acid groups (broad SMARTS) is 1. The number of carboxylic acids is 1. The van der Waals surface area contributed by atoms with Crippen LogP contribution in [0.15, 0.2) is 23.1 Å². The van der Waals surface area contributed by atoms with Crippen molar-refractivity contribution in [3.05, 3.63) is 40.0 Å². The predicted octanol–water partition coefficient (Wildman–Crippen LogP) is 2.61. The molecule has 0 unspecified atom stereocenters. The van der Waals surface area contributed by atoms with Crippen LogP contribution < -0.4 is 0 Å². The monoisotopic (exact) mass is 321 g/mol. The molecule has 1 aliphatic carbocycles. The Labute approximate surface area is 118 Å². The van der Waals surface area contributed by atoms with Crippen LogP contribution in [-0.2, 0) is 12.8 Å². The summed E-state index contributed by atoms with van der Waals surface area (Å²) in [5.74, 6) is -0.548. The van der Waals surface area contributed by atoms with Gasteiger partial charge in [-0.3, -0.25) is 4.57 Å². The molecule has 0 atom stereocenters. The summed E-state index contributed by atoms with van der Waals surface area (Å²) in [7, 11) is 0. The third-order valence-electron chi connectivity index (χ3n) is 3.32. The lowest BCUT2D eigenvalue weighted by Crippen LogP contribution is -2.12.